The highest BCUT2D eigenvalue weighted by molar-refractivity contribution is 6.39. The number of nitriles is 1. The molecule has 0 saturated carbocycles. The molecule has 4 nitrogen and oxygen atoms in total. The molecule has 1 unspecified atom stereocenters. The fourth-order valence-corrected chi connectivity index (χ4v) is 1.84. The first-order valence-electron chi connectivity index (χ1n) is 6.11. The molecule has 0 aliphatic rings. The Kier molecular flexibility index (Phi) is 6.37. The van der Waals surface area contributed by atoms with Gasteiger partial charge >= 0.3 is 0 Å². The highest BCUT2D eigenvalue weighted by Gasteiger charge is 2.12. The Morgan fingerprint density at radius 1 is 1.45 bits per heavy atom. The third kappa shape index (κ3) is 4.44. The lowest BCUT2D eigenvalue weighted by Gasteiger charge is -2.11. The Bertz CT molecular complexity index is 544. The Labute approximate surface area is 128 Å². The fraction of sp³-hybridized carbons (Fsp3) is 0.286. The summed E-state index contributed by atoms with van der Waals surface area (Å²) in [6.45, 7) is 3.81. The van der Waals surface area contributed by atoms with E-state index in [1.807, 2.05) is 19.9 Å². The maximum Gasteiger partial charge on any atom is 0.263 e. The van der Waals surface area contributed by atoms with E-state index >= 15 is 0 Å². The Balaban J connectivity index is 2.86. The molecule has 1 atom stereocenters. The summed E-state index contributed by atoms with van der Waals surface area (Å²) >= 11 is 12.0. The maximum atomic E-state index is 11.8. The molecule has 0 heterocycles. The first kappa shape index (κ1) is 16.4. The number of rotatable bonds is 5. The van der Waals surface area contributed by atoms with E-state index in [9.17, 15) is 4.79 Å². The van der Waals surface area contributed by atoms with Crippen molar-refractivity contribution in [2.75, 3.05) is 5.32 Å². The second kappa shape index (κ2) is 7.78. The maximum absolute atomic E-state index is 11.8. The van der Waals surface area contributed by atoms with Crippen LogP contribution in [0.1, 0.15) is 20.3 Å². The first-order chi connectivity index (χ1) is 9.49. The summed E-state index contributed by atoms with van der Waals surface area (Å²) in [4.78, 5) is 11.8. The van der Waals surface area contributed by atoms with Crippen LogP contribution in [0.2, 0.25) is 10.0 Å². The minimum atomic E-state index is -0.433. The number of hydrogen-bond acceptors (Lipinski definition) is 3. The molecule has 0 fully saturated rings. The van der Waals surface area contributed by atoms with E-state index in [-0.39, 0.29) is 11.6 Å². The molecular weight excluding hydrogens is 297 g/mol. The van der Waals surface area contributed by atoms with Crippen LogP contribution in [0, 0.1) is 11.3 Å². The summed E-state index contributed by atoms with van der Waals surface area (Å²) < 4.78 is 0. The van der Waals surface area contributed by atoms with Crippen molar-refractivity contribution in [3.05, 3.63) is 40.0 Å². The largest absolute Gasteiger partial charge is 0.358 e. The molecule has 1 aromatic carbocycles. The summed E-state index contributed by atoms with van der Waals surface area (Å²) in [5, 5.41) is 15.3. The van der Waals surface area contributed by atoms with Crippen molar-refractivity contribution in [2.24, 2.45) is 0 Å². The zero-order valence-electron chi connectivity index (χ0n) is 11.2. The normalized spacial score (nSPS) is 12.4. The van der Waals surface area contributed by atoms with Crippen LogP contribution in [-0.2, 0) is 4.79 Å². The second-order valence-corrected chi connectivity index (χ2v) is 5.01. The highest BCUT2D eigenvalue weighted by Crippen LogP contribution is 2.29. The molecular formula is C14H15Cl2N3O. The van der Waals surface area contributed by atoms with E-state index in [1.54, 1.807) is 18.2 Å². The van der Waals surface area contributed by atoms with Crippen LogP contribution >= 0.6 is 23.2 Å². The van der Waals surface area contributed by atoms with Gasteiger partial charge in [-0.05, 0) is 25.5 Å². The van der Waals surface area contributed by atoms with Gasteiger partial charge in [0.05, 0.1) is 15.7 Å². The van der Waals surface area contributed by atoms with Gasteiger partial charge in [-0.1, -0.05) is 36.2 Å². The molecule has 0 radical (unpaired) electrons. The van der Waals surface area contributed by atoms with E-state index in [1.165, 1.54) is 6.20 Å². The number of amides is 1. The van der Waals surface area contributed by atoms with Crippen LogP contribution in [0.25, 0.3) is 0 Å². The van der Waals surface area contributed by atoms with Gasteiger partial charge in [-0.3, -0.25) is 4.79 Å². The van der Waals surface area contributed by atoms with E-state index < -0.39 is 5.91 Å². The van der Waals surface area contributed by atoms with Crippen molar-refractivity contribution in [1.82, 2.24) is 5.32 Å². The number of carbonyl (C=O) groups excluding carboxylic acids is 1. The number of benzene rings is 1. The van der Waals surface area contributed by atoms with Gasteiger partial charge in [-0.2, -0.15) is 5.26 Å². The third-order valence-corrected chi connectivity index (χ3v) is 3.31. The van der Waals surface area contributed by atoms with E-state index in [2.05, 4.69) is 10.6 Å². The van der Waals surface area contributed by atoms with E-state index in [0.29, 0.717) is 15.7 Å². The molecule has 1 aromatic rings. The molecule has 6 heteroatoms. The number of halogens is 2. The lowest BCUT2D eigenvalue weighted by Crippen LogP contribution is -2.33. The van der Waals surface area contributed by atoms with Crippen molar-refractivity contribution in [3.8, 4) is 6.07 Å². The van der Waals surface area contributed by atoms with Gasteiger partial charge < -0.3 is 10.6 Å². The van der Waals surface area contributed by atoms with Crippen LogP contribution in [-0.4, -0.2) is 11.9 Å². The third-order valence-electron chi connectivity index (χ3n) is 2.68. The molecule has 1 amide bonds. The van der Waals surface area contributed by atoms with Gasteiger partial charge in [0.2, 0.25) is 0 Å². The smallest absolute Gasteiger partial charge is 0.263 e. The number of carbonyl (C=O) groups is 1. The average molecular weight is 312 g/mol. The van der Waals surface area contributed by atoms with E-state index in [4.69, 9.17) is 28.5 Å². The lowest BCUT2D eigenvalue weighted by molar-refractivity contribution is -0.117. The number of nitrogens with one attached hydrogen (secondary N) is 2. The number of para-hydroxylation sites is 1. The fourth-order valence-electron chi connectivity index (χ4n) is 1.33. The molecule has 0 aliphatic heterocycles. The minimum absolute atomic E-state index is 0.00292. The average Bonchev–Trinajstić information content (AvgIpc) is 2.42. The van der Waals surface area contributed by atoms with Gasteiger partial charge in [0, 0.05) is 12.2 Å². The van der Waals surface area contributed by atoms with Gasteiger partial charge in [0.25, 0.3) is 5.91 Å². The Morgan fingerprint density at radius 3 is 2.55 bits per heavy atom. The van der Waals surface area contributed by atoms with Gasteiger partial charge in [0.1, 0.15) is 11.6 Å². The summed E-state index contributed by atoms with van der Waals surface area (Å²) in [6, 6.07) is 6.88. The van der Waals surface area contributed by atoms with Crippen molar-refractivity contribution >= 4 is 34.8 Å². The van der Waals surface area contributed by atoms with Crippen molar-refractivity contribution in [2.45, 2.75) is 26.3 Å². The molecule has 20 heavy (non-hydrogen) atoms. The zero-order valence-corrected chi connectivity index (χ0v) is 12.7. The van der Waals surface area contributed by atoms with Crippen LogP contribution in [0.5, 0.6) is 0 Å². The zero-order chi connectivity index (χ0) is 15.1. The molecule has 0 aromatic heterocycles. The highest BCUT2D eigenvalue weighted by atomic mass is 35.5. The SMILES string of the molecule is CCC(C)NC(=O)/C(C#N)=C\Nc1c(Cl)cccc1Cl. The molecule has 106 valence electrons. The molecule has 1 rings (SSSR count). The number of hydrogen-bond donors (Lipinski definition) is 2. The van der Waals surface area contributed by atoms with E-state index in [0.717, 1.165) is 6.42 Å². The molecule has 2 N–H and O–H groups in total. The Morgan fingerprint density at radius 2 is 2.05 bits per heavy atom. The van der Waals surface area contributed by atoms with Crippen molar-refractivity contribution in [1.29, 1.82) is 5.26 Å². The van der Waals surface area contributed by atoms with Crippen molar-refractivity contribution in [3.63, 3.8) is 0 Å². The molecule has 0 spiro atoms. The topological polar surface area (TPSA) is 64.9 Å². The van der Waals surface area contributed by atoms with Crippen LogP contribution in [0.4, 0.5) is 5.69 Å². The predicted molar refractivity (Wildman–Crippen MR) is 81.7 cm³/mol. The summed E-state index contributed by atoms with van der Waals surface area (Å²) in [7, 11) is 0. The monoisotopic (exact) mass is 311 g/mol. The lowest BCUT2D eigenvalue weighted by atomic mass is 10.2. The minimum Gasteiger partial charge on any atom is -0.358 e. The molecule has 0 bridgehead atoms. The second-order valence-electron chi connectivity index (χ2n) is 4.19. The molecule has 0 saturated heterocycles. The summed E-state index contributed by atoms with van der Waals surface area (Å²) in [6.07, 6.45) is 2.08. The van der Waals surface area contributed by atoms with Crippen molar-refractivity contribution < 1.29 is 4.79 Å². The van der Waals surface area contributed by atoms with Crippen LogP contribution < -0.4 is 10.6 Å². The van der Waals surface area contributed by atoms with Gasteiger partial charge in [-0.15, -0.1) is 0 Å². The summed E-state index contributed by atoms with van der Waals surface area (Å²) in [5.41, 5.74) is 0.418. The first-order valence-corrected chi connectivity index (χ1v) is 6.86. The standard InChI is InChI=1S/C14H15Cl2N3O/c1-3-9(2)19-14(20)10(7-17)8-18-13-11(15)5-4-6-12(13)16/h4-6,8-9,18H,3H2,1-2H3,(H,19,20)/b10-8-. The number of anilines is 1. The Hall–Kier alpha value is -1.70. The molecule has 0 aliphatic carbocycles. The predicted octanol–water partition coefficient (Wildman–Crippen LogP) is 3.73. The van der Waals surface area contributed by atoms with Gasteiger partial charge in [0.15, 0.2) is 0 Å². The van der Waals surface area contributed by atoms with Crippen LogP contribution in [0.3, 0.4) is 0 Å². The summed E-state index contributed by atoms with van der Waals surface area (Å²) in [5.74, 6) is -0.433. The number of nitrogens with zero attached hydrogens (tertiary/aromatic N) is 1. The van der Waals surface area contributed by atoms with Crippen LogP contribution in [0.15, 0.2) is 30.0 Å². The quantitative estimate of drug-likeness (QED) is 0.643. The van der Waals surface area contributed by atoms with Gasteiger partial charge in [-0.25, -0.2) is 0 Å².